The Morgan fingerprint density at radius 3 is 1.97 bits per heavy atom. The molecule has 0 aliphatic carbocycles. The van der Waals surface area contributed by atoms with Crippen LogP contribution in [0.1, 0.15) is 38.7 Å². The van der Waals surface area contributed by atoms with Crippen molar-refractivity contribution >= 4 is 17.4 Å². The van der Waals surface area contributed by atoms with E-state index in [4.69, 9.17) is 5.73 Å². The number of para-hydroxylation sites is 1. The van der Waals surface area contributed by atoms with Gasteiger partial charge in [0, 0.05) is 31.0 Å². The van der Waals surface area contributed by atoms with Gasteiger partial charge in [-0.1, -0.05) is 81.3 Å². The number of nitrogens with two attached hydrogens (primary N) is 1. The van der Waals surface area contributed by atoms with Crippen LogP contribution in [0.4, 0.5) is 16.2 Å². The summed E-state index contributed by atoms with van der Waals surface area (Å²) in [7, 11) is 1.81. The monoisotopic (exact) mass is 429 g/mol. The standard InChI is InChI=1S/C28H35N3O/c1-4-9-22-13-15-23(16-14-22)24-17-19-27(20-18-24)31(21-25(29)10-5-2)28(32)30(3)26-11-7-6-8-12-26/h6-8,11-20,25H,4-5,9-10,21,29H2,1-3H3/t25-/m0/s1. The van der Waals surface area contributed by atoms with Crippen LogP contribution in [0.15, 0.2) is 78.9 Å². The quantitative estimate of drug-likeness (QED) is 0.422. The van der Waals surface area contributed by atoms with Crippen molar-refractivity contribution in [1.29, 1.82) is 0 Å². The first-order valence-corrected chi connectivity index (χ1v) is 11.6. The van der Waals surface area contributed by atoms with E-state index in [9.17, 15) is 4.79 Å². The first-order chi connectivity index (χ1) is 15.5. The number of amides is 2. The maximum Gasteiger partial charge on any atom is 0.328 e. The lowest BCUT2D eigenvalue weighted by Gasteiger charge is -2.30. The Balaban J connectivity index is 1.84. The van der Waals surface area contributed by atoms with E-state index < -0.39 is 0 Å². The largest absolute Gasteiger partial charge is 0.328 e. The average Bonchev–Trinajstić information content (AvgIpc) is 2.83. The minimum absolute atomic E-state index is 0.0705. The summed E-state index contributed by atoms with van der Waals surface area (Å²) in [6, 6.07) is 26.5. The normalized spacial score (nSPS) is 11.8. The highest BCUT2D eigenvalue weighted by molar-refractivity contribution is 6.03. The molecule has 3 rings (SSSR count). The number of carbonyl (C=O) groups excluding carboxylic acids is 1. The van der Waals surface area contributed by atoms with Crippen molar-refractivity contribution in [2.24, 2.45) is 5.73 Å². The van der Waals surface area contributed by atoms with E-state index in [2.05, 4.69) is 50.2 Å². The van der Waals surface area contributed by atoms with Gasteiger partial charge in [0.15, 0.2) is 0 Å². The number of urea groups is 1. The fourth-order valence-electron chi connectivity index (χ4n) is 3.92. The predicted molar refractivity (Wildman–Crippen MR) is 136 cm³/mol. The van der Waals surface area contributed by atoms with Crippen molar-refractivity contribution in [2.75, 3.05) is 23.4 Å². The van der Waals surface area contributed by atoms with Crippen LogP contribution in [0.3, 0.4) is 0 Å². The summed E-state index contributed by atoms with van der Waals surface area (Å²) in [6.45, 7) is 4.79. The molecule has 0 saturated heterocycles. The van der Waals surface area contributed by atoms with Crippen molar-refractivity contribution < 1.29 is 4.79 Å². The molecule has 32 heavy (non-hydrogen) atoms. The zero-order chi connectivity index (χ0) is 22.9. The van der Waals surface area contributed by atoms with Crippen LogP contribution in [-0.2, 0) is 6.42 Å². The minimum atomic E-state index is -0.0839. The van der Waals surface area contributed by atoms with Crippen molar-refractivity contribution in [3.8, 4) is 11.1 Å². The molecule has 2 amide bonds. The molecule has 1 atom stereocenters. The molecule has 3 aromatic carbocycles. The van der Waals surface area contributed by atoms with E-state index in [1.165, 1.54) is 11.1 Å². The fourth-order valence-corrected chi connectivity index (χ4v) is 3.92. The fraction of sp³-hybridized carbons (Fsp3) is 0.321. The lowest BCUT2D eigenvalue weighted by atomic mass is 10.0. The first kappa shape index (κ1) is 23.6. The Morgan fingerprint density at radius 1 is 0.812 bits per heavy atom. The highest BCUT2D eigenvalue weighted by Crippen LogP contribution is 2.26. The van der Waals surface area contributed by atoms with Gasteiger partial charge >= 0.3 is 6.03 Å². The molecule has 0 aromatic heterocycles. The van der Waals surface area contributed by atoms with E-state index in [1.54, 1.807) is 9.80 Å². The third kappa shape index (κ3) is 5.98. The molecule has 0 saturated carbocycles. The maximum atomic E-state index is 13.4. The van der Waals surface area contributed by atoms with E-state index in [-0.39, 0.29) is 12.1 Å². The second-order valence-electron chi connectivity index (χ2n) is 8.33. The Labute approximate surface area is 192 Å². The molecule has 2 N–H and O–H groups in total. The van der Waals surface area contributed by atoms with Crippen LogP contribution < -0.4 is 15.5 Å². The number of benzene rings is 3. The maximum absolute atomic E-state index is 13.4. The van der Waals surface area contributed by atoms with E-state index in [0.717, 1.165) is 42.6 Å². The number of nitrogens with zero attached hydrogens (tertiary/aromatic N) is 2. The summed E-state index contributed by atoms with van der Waals surface area (Å²) in [5, 5.41) is 0. The lowest BCUT2D eigenvalue weighted by molar-refractivity contribution is 0.252. The van der Waals surface area contributed by atoms with Crippen LogP contribution in [0.2, 0.25) is 0 Å². The van der Waals surface area contributed by atoms with Gasteiger partial charge in [-0.05, 0) is 53.8 Å². The molecule has 0 radical (unpaired) electrons. The second kappa shape index (κ2) is 11.5. The summed E-state index contributed by atoms with van der Waals surface area (Å²) in [6.07, 6.45) is 4.12. The molecule has 0 heterocycles. The Bertz CT molecular complexity index is 968. The van der Waals surface area contributed by atoms with Gasteiger partial charge in [-0.15, -0.1) is 0 Å². The molecule has 0 bridgehead atoms. The van der Waals surface area contributed by atoms with Gasteiger partial charge in [-0.3, -0.25) is 9.80 Å². The van der Waals surface area contributed by atoms with Crippen molar-refractivity contribution in [1.82, 2.24) is 0 Å². The highest BCUT2D eigenvalue weighted by atomic mass is 16.2. The molecule has 0 unspecified atom stereocenters. The minimum Gasteiger partial charge on any atom is -0.326 e. The molecule has 168 valence electrons. The van der Waals surface area contributed by atoms with Crippen LogP contribution in [-0.4, -0.2) is 25.7 Å². The van der Waals surface area contributed by atoms with Gasteiger partial charge in [0.2, 0.25) is 0 Å². The van der Waals surface area contributed by atoms with Crippen LogP contribution >= 0.6 is 0 Å². The molecule has 0 aliphatic heterocycles. The SMILES string of the molecule is CCCc1ccc(-c2ccc(N(C[C@@H](N)CCC)C(=O)N(C)c3ccccc3)cc2)cc1. The molecular weight excluding hydrogens is 394 g/mol. The third-order valence-corrected chi connectivity index (χ3v) is 5.74. The molecule has 4 heteroatoms. The number of hydrogen-bond donors (Lipinski definition) is 1. The van der Waals surface area contributed by atoms with Gasteiger partial charge in [0.1, 0.15) is 0 Å². The van der Waals surface area contributed by atoms with Crippen molar-refractivity contribution in [3.63, 3.8) is 0 Å². The predicted octanol–water partition coefficient (Wildman–Crippen LogP) is 6.50. The summed E-state index contributed by atoms with van der Waals surface area (Å²) in [4.78, 5) is 16.9. The van der Waals surface area contributed by atoms with Crippen molar-refractivity contribution in [3.05, 3.63) is 84.4 Å². The van der Waals surface area contributed by atoms with E-state index in [0.29, 0.717) is 6.54 Å². The summed E-state index contributed by atoms with van der Waals surface area (Å²) in [5.74, 6) is 0. The molecular formula is C28H35N3O. The Hall–Kier alpha value is -3.11. The van der Waals surface area contributed by atoms with E-state index >= 15 is 0 Å². The number of rotatable bonds is 9. The molecule has 0 fully saturated rings. The van der Waals surface area contributed by atoms with Crippen LogP contribution in [0.5, 0.6) is 0 Å². The van der Waals surface area contributed by atoms with Gasteiger partial charge in [0.05, 0.1) is 0 Å². The van der Waals surface area contributed by atoms with Gasteiger partial charge in [-0.2, -0.15) is 0 Å². The number of carbonyl (C=O) groups is 1. The van der Waals surface area contributed by atoms with E-state index in [1.807, 2.05) is 49.5 Å². The highest BCUT2D eigenvalue weighted by Gasteiger charge is 2.23. The zero-order valence-electron chi connectivity index (χ0n) is 19.5. The smallest absolute Gasteiger partial charge is 0.326 e. The first-order valence-electron chi connectivity index (χ1n) is 11.6. The average molecular weight is 430 g/mol. The second-order valence-corrected chi connectivity index (χ2v) is 8.33. The molecule has 4 nitrogen and oxygen atoms in total. The topological polar surface area (TPSA) is 49.6 Å². The van der Waals surface area contributed by atoms with Crippen molar-refractivity contribution in [2.45, 2.75) is 45.6 Å². The summed E-state index contributed by atoms with van der Waals surface area (Å²) in [5.41, 5.74) is 11.7. The number of hydrogen-bond acceptors (Lipinski definition) is 2. The summed E-state index contributed by atoms with van der Waals surface area (Å²) < 4.78 is 0. The molecule has 3 aromatic rings. The van der Waals surface area contributed by atoms with Gasteiger partial charge < -0.3 is 5.73 Å². The lowest BCUT2D eigenvalue weighted by Crippen LogP contribution is -2.47. The number of aryl methyl sites for hydroxylation is 1. The van der Waals surface area contributed by atoms with Gasteiger partial charge in [0.25, 0.3) is 0 Å². The Morgan fingerprint density at radius 2 is 1.41 bits per heavy atom. The van der Waals surface area contributed by atoms with Crippen LogP contribution in [0.25, 0.3) is 11.1 Å². The zero-order valence-corrected chi connectivity index (χ0v) is 19.5. The molecule has 0 aliphatic rings. The summed E-state index contributed by atoms with van der Waals surface area (Å²) >= 11 is 0. The van der Waals surface area contributed by atoms with Crippen LogP contribution in [0, 0.1) is 0 Å². The van der Waals surface area contributed by atoms with Gasteiger partial charge in [-0.25, -0.2) is 4.79 Å². The number of anilines is 2. The third-order valence-electron chi connectivity index (χ3n) is 5.74. The molecule has 0 spiro atoms. The Kier molecular flexibility index (Phi) is 8.46.